The first-order chi connectivity index (χ1) is 5.20. The van der Waals surface area contributed by atoms with E-state index >= 15 is 0 Å². The molecule has 0 radical (unpaired) electrons. The van der Waals surface area contributed by atoms with Crippen molar-refractivity contribution in [2.24, 2.45) is 11.8 Å². The summed E-state index contributed by atoms with van der Waals surface area (Å²) < 4.78 is 0. The second kappa shape index (κ2) is 6.58. The minimum absolute atomic E-state index is 0.637. The Morgan fingerprint density at radius 3 is 2.45 bits per heavy atom. The summed E-state index contributed by atoms with van der Waals surface area (Å²) in [5.74, 6) is 5.44. The maximum atomic E-state index is 8.93. The Kier molecular flexibility index (Phi) is 6.51. The third-order valence-electron chi connectivity index (χ3n) is 1.84. The zero-order chi connectivity index (χ0) is 8.69. The second-order valence-corrected chi connectivity index (χ2v) is 3.06. The zero-order valence-electron chi connectivity index (χ0n) is 7.42. The zero-order valence-corrected chi connectivity index (χ0v) is 7.42. The number of aliphatic hydroxyl groups excluding tert-OH is 1. The third kappa shape index (κ3) is 6.28. The van der Waals surface area contributed by atoms with Gasteiger partial charge in [0.2, 0.25) is 0 Å². The van der Waals surface area contributed by atoms with E-state index in [0.717, 1.165) is 6.42 Å². The van der Waals surface area contributed by atoms with Gasteiger partial charge in [0.1, 0.15) is 0 Å². The van der Waals surface area contributed by atoms with Crippen LogP contribution in [0.4, 0.5) is 0 Å². The van der Waals surface area contributed by atoms with Crippen LogP contribution in [0.15, 0.2) is 0 Å². The van der Waals surface area contributed by atoms with E-state index in [1.54, 1.807) is 0 Å². The van der Waals surface area contributed by atoms with E-state index in [1.807, 2.05) is 0 Å². The van der Waals surface area contributed by atoms with Crippen LogP contribution in [0.1, 0.15) is 39.5 Å². The SMILES string of the molecule is CCCC(C)CCC(O)ON. The fourth-order valence-electron chi connectivity index (χ4n) is 1.13. The summed E-state index contributed by atoms with van der Waals surface area (Å²) in [6, 6.07) is 0. The molecule has 3 nitrogen and oxygen atoms in total. The molecule has 0 aromatic carbocycles. The van der Waals surface area contributed by atoms with Crippen LogP contribution in [0.3, 0.4) is 0 Å². The van der Waals surface area contributed by atoms with Crippen molar-refractivity contribution in [2.45, 2.75) is 45.8 Å². The molecule has 0 amide bonds. The smallest absolute Gasteiger partial charge is 0.174 e. The van der Waals surface area contributed by atoms with E-state index in [4.69, 9.17) is 11.0 Å². The van der Waals surface area contributed by atoms with Gasteiger partial charge in [0.05, 0.1) is 0 Å². The van der Waals surface area contributed by atoms with Crippen molar-refractivity contribution in [1.82, 2.24) is 0 Å². The maximum absolute atomic E-state index is 8.93. The van der Waals surface area contributed by atoms with Crippen molar-refractivity contribution in [3.05, 3.63) is 0 Å². The van der Waals surface area contributed by atoms with Crippen LogP contribution in [-0.4, -0.2) is 11.4 Å². The Balaban J connectivity index is 3.22. The molecule has 2 unspecified atom stereocenters. The van der Waals surface area contributed by atoms with E-state index in [1.165, 1.54) is 12.8 Å². The average molecular weight is 161 g/mol. The molecule has 68 valence electrons. The molecule has 0 saturated carbocycles. The molecule has 11 heavy (non-hydrogen) atoms. The molecule has 0 aliphatic rings. The first-order valence-corrected chi connectivity index (χ1v) is 4.24. The number of hydrogen-bond donors (Lipinski definition) is 2. The van der Waals surface area contributed by atoms with Crippen LogP contribution in [0.5, 0.6) is 0 Å². The van der Waals surface area contributed by atoms with Crippen LogP contribution in [0.2, 0.25) is 0 Å². The minimum atomic E-state index is -0.783. The van der Waals surface area contributed by atoms with Crippen LogP contribution in [-0.2, 0) is 4.84 Å². The van der Waals surface area contributed by atoms with Crippen molar-refractivity contribution >= 4 is 0 Å². The van der Waals surface area contributed by atoms with Crippen molar-refractivity contribution in [2.75, 3.05) is 0 Å². The van der Waals surface area contributed by atoms with Crippen molar-refractivity contribution < 1.29 is 9.94 Å². The Bertz CT molecular complexity index is 88.2. The predicted octanol–water partition coefficient (Wildman–Crippen LogP) is 1.41. The van der Waals surface area contributed by atoms with Gasteiger partial charge in [0.25, 0.3) is 0 Å². The van der Waals surface area contributed by atoms with Crippen LogP contribution >= 0.6 is 0 Å². The first-order valence-electron chi connectivity index (χ1n) is 4.24. The van der Waals surface area contributed by atoms with Crippen molar-refractivity contribution in [3.8, 4) is 0 Å². The summed E-state index contributed by atoms with van der Waals surface area (Å²) in [7, 11) is 0. The monoisotopic (exact) mass is 161 g/mol. The Morgan fingerprint density at radius 2 is 2.00 bits per heavy atom. The number of hydrogen-bond acceptors (Lipinski definition) is 3. The molecule has 3 heteroatoms. The highest BCUT2D eigenvalue weighted by Crippen LogP contribution is 2.13. The summed E-state index contributed by atoms with van der Waals surface area (Å²) in [6.45, 7) is 4.33. The van der Waals surface area contributed by atoms with Gasteiger partial charge in [-0.2, -0.15) is 0 Å². The van der Waals surface area contributed by atoms with E-state index in [0.29, 0.717) is 12.3 Å². The highest BCUT2D eigenvalue weighted by atomic mass is 16.7. The Labute approximate surface area is 68.5 Å². The number of rotatable bonds is 6. The van der Waals surface area contributed by atoms with Gasteiger partial charge in [0.15, 0.2) is 6.29 Å². The molecule has 0 heterocycles. The van der Waals surface area contributed by atoms with Gasteiger partial charge in [-0.25, -0.2) is 5.90 Å². The number of aliphatic hydroxyl groups is 1. The van der Waals surface area contributed by atoms with Gasteiger partial charge in [-0.3, -0.25) is 4.84 Å². The van der Waals surface area contributed by atoms with Gasteiger partial charge in [-0.15, -0.1) is 0 Å². The van der Waals surface area contributed by atoms with Crippen LogP contribution in [0.25, 0.3) is 0 Å². The molecule has 0 saturated heterocycles. The van der Waals surface area contributed by atoms with Gasteiger partial charge in [0, 0.05) is 6.42 Å². The minimum Gasteiger partial charge on any atom is -0.366 e. The molecule has 0 aliphatic heterocycles. The maximum Gasteiger partial charge on any atom is 0.174 e. The highest BCUT2D eigenvalue weighted by molar-refractivity contribution is 4.53. The summed E-state index contributed by atoms with van der Waals surface area (Å²) in [5, 5.41) is 8.93. The summed E-state index contributed by atoms with van der Waals surface area (Å²) in [4.78, 5) is 4.23. The molecule has 0 aromatic rings. The molecule has 0 bridgehead atoms. The molecule has 0 rings (SSSR count). The lowest BCUT2D eigenvalue weighted by molar-refractivity contribution is -0.108. The van der Waals surface area contributed by atoms with E-state index in [2.05, 4.69) is 18.7 Å². The lowest BCUT2D eigenvalue weighted by Gasteiger charge is -2.11. The second-order valence-electron chi connectivity index (χ2n) is 3.06. The lowest BCUT2D eigenvalue weighted by Crippen LogP contribution is -2.17. The summed E-state index contributed by atoms with van der Waals surface area (Å²) in [5.41, 5.74) is 0. The standard InChI is InChI=1S/C8H19NO2/c1-3-4-7(2)5-6-8(10)11-9/h7-8,10H,3-6,9H2,1-2H3. The highest BCUT2D eigenvalue weighted by Gasteiger charge is 2.05. The van der Waals surface area contributed by atoms with Crippen LogP contribution < -0.4 is 5.90 Å². The molecule has 0 aliphatic carbocycles. The normalized spacial score (nSPS) is 16.4. The number of nitrogens with two attached hydrogens (primary N) is 1. The predicted molar refractivity (Wildman–Crippen MR) is 44.6 cm³/mol. The molecule has 3 N–H and O–H groups in total. The lowest BCUT2D eigenvalue weighted by atomic mass is 10.0. The van der Waals surface area contributed by atoms with Crippen LogP contribution in [0, 0.1) is 5.92 Å². The molecular formula is C8H19NO2. The Hall–Kier alpha value is -0.120. The van der Waals surface area contributed by atoms with E-state index < -0.39 is 6.29 Å². The molecule has 0 aromatic heterocycles. The fourth-order valence-corrected chi connectivity index (χ4v) is 1.13. The van der Waals surface area contributed by atoms with Gasteiger partial charge >= 0.3 is 0 Å². The topological polar surface area (TPSA) is 55.5 Å². The van der Waals surface area contributed by atoms with Gasteiger partial charge in [-0.1, -0.05) is 26.7 Å². The Morgan fingerprint density at radius 1 is 1.36 bits per heavy atom. The molecule has 2 atom stereocenters. The van der Waals surface area contributed by atoms with E-state index in [-0.39, 0.29) is 0 Å². The molecule has 0 fully saturated rings. The fraction of sp³-hybridized carbons (Fsp3) is 1.00. The molecular weight excluding hydrogens is 142 g/mol. The third-order valence-corrected chi connectivity index (χ3v) is 1.84. The summed E-state index contributed by atoms with van der Waals surface area (Å²) in [6.07, 6.45) is 3.23. The summed E-state index contributed by atoms with van der Waals surface area (Å²) >= 11 is 0. The first kappa shape index (κ1) is 10.9. The average Bonchev–Trinajstić information content (AvgIpc) is 2.01. The van der Waals surface area contributed by atoms with Crippen molar-refractivity contribution in [1.29, 1.82) is 0 Å². The van der Waals surface area contributed by atoms with Gasteiger partial charge < -0.3 is 5.11 Å². The quantitative estimate of drug-likeness (QED) is 0.457. The van der Waals surface area contributed by atoms with E-state index in [9.17, 15) is 0 Å². The van der Waals surface area contributed by atoms with Crippen molar-refractivity contribution in [3.63, 3.8) is 0 Å². The van der Waals surface area contributed by atoms with Gasteiger partial charge in [-0.05, 0) is 12.3 Å². The largest absolute Gasteiger partial charge is 0.366 e. The molecule has 0 spiro atoms.